The van der Waals surface area contributed by atoms with Crippen LogP contribution < -0.4 is 10.1 Å². The Morgan fingerprint density at radius 3 is 2.95 bits per heavy atom. The zero-order chi connectivity index (χ0) is 15.2. The molecular weight excluding hydrogens is 275 g/mol. The molecule has 21 heavy (non-hydrogen) atoms. The summed E-state index contributed by atoms with van der Waals surface area (Å²) in [4.78, 5) is 14.8. The summed E-state index contributed by atoms with van der Waals surface area (Å²) < 4.78 is 18.1. The molecule has 0 aliphatic rings. The van der Waals surface area contributed by atoms with Gasteiger partial charge in [0.15, 0.2) is 0 Å². The van der Waals surface area contributed by atoms with E-state index in [9.17, 15) is 9.18 Å². The minimum atomic E-state index is -1.22. The van der Waals surface area contributed by atoms with Gasteiger partial charge in [0.25, 0.3) is 0 Å². The van der Waals surface area contributed by atoms with Crippen molar-refractivity contribution >= 4 is 11.8 Å². The van der Waals surface area contributed by atoms with Gasteiger partial charge in [-0.25, -0.2) is 14.2 Å². The van der Waals surface area contributed by atoms with Crippen LogP contribution in [0.2, 0.25) is 0 Å². The number of carboxylic acids is 1. The predicted molar refractivity (Wildman–Crippen MR) is 76.3 cm³/mol. The zero-order valence-electron chi connectivity index (χ0n) is 11.5. The first kappa shape index (κ1) is 14.8. The molecule has 2 aromatic rings. The third kappa shape index (κ3) is 3.92. The molecule has 0 saturated heterocycles. The number of hydrogen-bond donors (Lipinski definition) is 2. The van der Waals surface area contributed by atoms with Crippen LogP contribution in [0.15, 0.2) is 36.5 Å². The third-order valence-electron chi connectivity index (χ3n) is 2.93. The number of nitrogens with one attached hydrogen (secondary N) is 1. The molecule has 1 heterocycles. The Morgan fingerprint density at radius 1 is 1.43 bits per heavy atom. The van der Waals surface area contributed by atoms with Gasteiger partial charge in [0.05, 0.1) is 13.3 Å². The van der Waals surface area contributed by atoms with Crippen LogP contribution in [0.5, 0.6) is 5.75 Å². The SMILES string of the molecule is COc1cccc(CCNc2ncc(F)cc2C(=O)O)c1. The summed E-state index contributed by atoms with van der Waals surface area (Å²) in [7, 11) is 1.60. The fraction of sp³-hybridized carbons (Fsp3) is 0.200. The minimum Gasteiger partial charge on any atom is -0.497 e. The monoisotopic (exact) mass is 290 g/mol. The van der Waals surface area contributed by atoms with Crippen LogP contribution in [0.25, 0.3) is 0 Å². The maximum atomic E-state index is 13.0. The Morgan fingerprint density at radius 2 is 2.24 bits per heavy atom. The van der Waals surface area contributed by atoms with Gasteiger partial charge in [0.2, 0.25) is 0 Å². The number of methoxy groups -OCH3 is 1. The van der Waals surface area contributed by atoms with E-state index < -0.39 is 11.8 Å². The Hall–Kier alpha value is -2.63. The van der Waals surface area contributed by atoms with Crippen molar-refractivity contribution in [1.82, 2.24) is 4.98 Å². The van der Waals surface area contributed by atoms with Crippen molar-refractivity contribution in [1.29, 1.82) is 0 Å². The van der Waals surface area contributed by atoms with E-state index >= 15 is 0 Å². The average Bonchev–Trinajstić information content (AvgIpc) is 2.48. The van der Waals surface area contributed by atoms with E-state index in [2.05, 4.69) is 10.3 Å². The molecule has 0 spiro atoms. The quantitative estimate of drug-likeness (QED) is 0.855. The molecule has 2 N–H and O–H groups in total. The number of carbonyl (C=O) groups is 1. The summed E-state index contributed by atoms with van der Waals surface area (Å²) in [5, 5.41) is 11.9. The van der Waals surface area contributed by atoms with Crippen LogP contribution in [0.3, 0.4) is 0 Å². The molecule has 0 unspecified atom stereocenters. The number of benzene rings is 1. The largest absolute Gasteiger partial charge is 0.497 e. The lowest BCUT2D eigenvalue weighted by Gasteiger charge is -2.09. The highest BCUT2D eigenvalue weighted by Gasteiger charge is 2.12. The summed E-state index contributed by atoms with van der Waals surface area (Å²) in [5.41, 5.74) is 0.862. The number of hydrogen-bond acceptors (Lipinski definition) is 4. The molecule has 5 nitrogen and oxygen atoms in total. The predicted octanol–water partition coefficient (Wildman–Crippen LogP) is 2.58. The number of anilines is 1. The molecule has 110 valence electrons. The highest BCUT2D eigenvalue weighted by atomic mass is 19.1. The first-order valence-electron chi connectivity index (χ1n) is 6.36. The summed E-state index contributed by atoms with van der Waals surface area (Å²) >= 11 is 0. The molecule has 1 aromatic heterocycles. The minimum absolute atomic E-state index is 0.159. The van der Waals surface area contributed by atoms with Gasteiger partial charge < -0.3 is 15.2 Å². The van der Waals surface area contributed by atoms with Crippen LogP contribution in [0, 0.1) is 5.82 Å². The second-order valence-electron chi connectivity index (χ2n) is 4.38. The van der Waals surface area contributed by atoms with E-state index in [-0.39, 0.29) is 11.4 Å². The van der Waals surface area contributed by atoms with Gasteiger partial charge in [-0.1, -0.05) is 12.1 Å². The number of carboxylic acid groups (broad SMARTS) is 1. The second kappa shape index (κ2) is 6.69. The molecule has 0 aliphatic heterocycles. The number of pyridine rings is 1. The molecule has 1 aromatic carbocycles. The molecule has 6 heteroatoms. The standard InChI is InChI=1S/C15H15FN2O3/c1-21-12-4-2-3-10(7-12)5-6-17-14-13(15(19)20)8-11(16)9-18-14/h2-4,7-9H,5-6H2,1H3,(H,17,18)(H,19,20). The maximum Gasteiger partial charge on any atom is 0.339 e. The van der Waals surface area contributed by atoms with Crippen molar-refractivity contribution in [2.45, 2.75) is 6.42 Å². The van der Waals surface area contributed by atoms with E-state index in [1.807, 2.05) is 24.3 Å². The van der Waals surface area contributed by atoms with Crippen molar-refractivity contribution in [2.24, 2.45) is 0 Å². The van der Waals surface area contributed by atoms with Gasteiger partial charge in [-0.15, -0.1) is 0 Å². The number of aromatic carboxylic acids is 1. The molecule has 0 saturated carbocycles. The first-order valence-corrected chi connectivity index (χ1v) is 6.36. The Kier molecular flexibility index (Phi) is 4.71. The maximum absolute atomic E-state index is 13.0. The van der Waals surface area contributed by atoms with E-state index in [1.54, 1.807) is 7.11 Å². The fourth-order valence-electron chi connectivity index (χ4n) is 1.90. The van der Waals surface area contributed by atoms with E-state index in [1.165, 1.54) is 0 Å². The molecule has 0 amide bonds. The van der Waals surface area contributed by atoms with Gasteiger partial charge >= 0.3 is 5.97 Å². The van der Waals surface area contributed by atoms with Crippen molar-refractivity contribution in [3.63, 3.8) is 0 Å². The number of halogens is 1. The van der Waals surface area contributed by atoms with E-state index in [0.717, 1.165) is 23.6 Å². The number of aromatic nitrogens is 1. The normalized spacial score (nSPS) is 10.2. The lowest BCUT2D eigenvalue weighted by Crippen LogP contribution is -2.11. The van der Waals surface area contributed by atoms with Crippen LogP contribution in [-0.2, 0) is 6.42 Å². The summed E-state index contributed by atoms with van der Waals surface area (Å²) in [6.07, 6.45) is 1.65. The second-order valence-corrected chi connectivity index (χ2v) is 4.38. The van der Waals surface area contributed by atoms with Gasteiger partial charge in [-0.2, -0.15) is 0 Å². The number of ether oxygens (including phenoxy) is 1. The molecule has 0 atom stereocenters. The van der Waals surface area contributed by atoms with Crippen molar-refractivity contribution in [3.8, 4) is 5.75 Å². The number of nitrogens with zero attached hydrogens (tertiary/aromatic N) is 1. The van der Waals surface area contributed by atoms with Crippen molar-refractivity contribution in [3.05, 3.63) is 53.5 Å². The molecule has 2 rings (SSSR count). The molecule has 0 bridgehead atoms. The molecule has 0 fully saturated rings. The van der Waals surface area contributed by atoms with E-state index in [0.29, 0.717) is 13.0 Å². The summed E-state index contributed by atoms with van der Waals surface area (Å²) in [6.45, 7) is 0.478. The molecular formula is C15H15FN2O3. The highest BCUT2D eigenvalue weighted by Crippen LogP contribution is 2.15. The summed E-state index contributed by atoms with van der Waals surface area (Å²) in [5.74, 6) is -0.970. The van der Waals surface area contributed by atoms with Crippen molar-refractivity contribution < 1.29 is 19.0 Å². The van der Waals surface area contributed by atoms with Crippen LogP contribution in [-0.4, -0.2) is 29.7 Å². The van der Waals surface area contributed by atoms with Crippen molar-refractivity contribution in [2.75, 3.05) is 19.0 Å². The lowest BCUT2D eigenvalue weighted by atomic mass is 10.1. The molecule has 0 aliphatic carbocycles. The van der Waals surface area contributed by atoms with Gasteiger partial charge in [-0.05, 0) is 30.2 Å². The Labute approximate surface area is 121 Å². The highest BCUT2D eigenvalue weighted by molar-refractivity contribution is 5.93. The van der Waals surface area contributed by atoms with E-state index in [4.69, 9.17) is 9.84 Å². The van der Waals surface area contributed by atoms with Crippen LogP contribution >= 0.6 is 0 Å². The summed E-state index contributed by atoms with van der Waals surface area (Å²) in [6, 6.07) is 8.52. The van der Waals surface area contributed by atoms with Gasteiger partial charge in [0, 0.05) is 6.54 Å². The Bertz CT molecular complexity index is 647. The topological polar surface area (TPSA) is 71.5 Å². The third-order valence-corrected chi connectivity index (χ3v) is 2.93. The first-order chi connectivity index (χ1) is 10.1. The van der Waals surface area contributed by atoms with Crippen LogP contribution in [0.4, 0.5) is 10.2 Å². The van der Waals surface area contributed by atoms with Crippen LogP contribution in [0.1, 0.15) is 15.9 Å². The Balaban J connectivity index is 2.01. The molecule has 0 radical (unpaired) electrons. The smallest absolute Gasteiger partial charge is 0.339 e. The number of rotatable bonds is 6. The lowest BCUT2D eigenvalue weighted by molar-refractivity contribution is 0.0697. The van der Waals surface area contributed by atoms with Gasteiger partial charge in [0.1, 0.15) is 22.9 Å². The van der Waals surface area contributed by atoms with Gasteiger partial charge in [-0.3, -0.25) is 0 Å². The fourth-order valence-corrected chi connectivity index (χ4v) is 1.90. The zero-order valence-corrected chi connectivity index (χ0v) is 11.5. The average molecular weight is 290 g/mol.